The second-order valence-corrected chi connectivity index (χ2v) is 16.7. The molecule has 0 saturated heterocycles. The Morgan fingerprint density at radius 2 is 0.577 bits per heavy atom. The first-order valence-corrected chi connectivity index (χ1v) is 16.0. The fourth-order valence-corrected chi connectivity index (χ4v) is 1.78. The minimum atomic E-state index is -0.750. The Hall–Kier alpha value is -1.19. The summed E-state index contributed by atoms with van der Waals surface area (Å²) in [5.41, 5.74) is -4.62. The van der Waals surface area contributed by atoms with Crippen LogP contribution in [0.15, 0.2) is 36.4 Å². The number of carbonyl (C=O) groups is 1. The van der Waals surface area contributed by atoms with E-state index in [0.717, 1.165) is 0 Å². The maximum absolute atomic E-state index is 12.2. The van der Waals surface area contributed by atoms with Gasteiger partial charge in [0.05, 0.1) is 14.2 Å². The quantitative estimate of drug-likeness (QED) is 0.318. The monoisotopic (exact) mass is 1070 g/mol. The third kappa shape index (κ3) is 82.3. The van der Waals surface area contributed by atoms with Crippen LogP contribution in [0.4, 0.5) is 0 Å². The summed E-state index contributed by atoms with van der Waals surface area (Å²) in [6.45, 7) is 29.4. The molecule has 0 radical (unpaired) electrons. The maximum Gasteiger partial charge on any atom is 4.00 e. The standard InChI is InChI=1S/C15H14O5.6C4H9O.2Hf/c1-19-9-3-5-11(13(16)7-9)15(18)12-6-4-10(20-2)8-14(12)17;6*1-4(2,3)5;;/h3-8,16-17H,1-2H3;6*1-3H3;;/q;6*-1;2*+4/p-2. The van der Waals surface area contributed by atoms with Crippen molar-refractivity contribution in [3.05, 3.63) is 47.5 Å². The summed E-state index contributed by atoms with van der Waals surface area (Å²) in [7, 11) is 2.85. The van der Waals surface area contributed by atoms with E-state index >= 15 is 0 Å². The van der Waals surface area contributed by atoms with Gasteiger partial charge in [0.15, 0.2) is 5.78 Å². The number of methoxy groups -OCH3 is 2. The molecule has 0 bridgehead atoms. The van der Waals surface area contributed by atoms with Crippen LogP contribution in [0.25, 0.3) is 0 Å². The van der Waals surface area contributed by atoms with Crippen LogP contribution in [-0.2, 0) is 51.7 Å². The fourth-order valence-electron chi connectivity index (χ4n) is 1.78. The van der Waals surface area contributed by atoms with Crippen molar-refractivity contribution in [2.75, 3.05) is 14.2 Å². The average molecular weight is 1070 g/mol. The molecular weight excluding hydrogens is 1000 g/mol. The van der Waals surface area contributed by atoms with Gasteiger partial charge in [-0.25, -0.2) is 0 Å². The molecule has 2 rings (SSSR count). The molecule has 296 valence electrons. The SMILES string of the molecule is CC(C)(C)[O-].CC(C)(C)[O-].CC(C)(C)[O-].CC(C)(C)[O-].CC(C)(C)[O-].CC(C)(C)[O-].COc1ccc(C(=O)c2ccc(OC)cc2[O-])c([O-])c1.[Hf+4].[Hf+4]. The molecule has 2 aromatic rings. The molecule has 0 spiro atoms. The molecule has 0 aliphatic heterocycles. The zero-order valence-electron chi connectivity index (χ0n) is 35.5. The first-order chi connectivity index (χ1) is 21.6. The number of rotatable bonds is 4. The molecule has 0 heterocycles. The van der Waals surface area contributed by atoms with E-state index in [4.69, 9.17) is 9.47 Å². The van der Waals surface area contributed by atoms with Crippen molar-refractivity contribution in [1.82, 2.24) is 0 Å². The normalized spacial score (nSPS) is 10.8. The molecule has 0 aliphatic rings. The van der Waals surface area contributed by atoms with Gasteiger partial charge in [-0.1, -0.05) is 136 Å². The van der Waals surface area contributed by atoms with E-state index in [-0.39, 0.29) is 62.8 Å². The number of carbonyl (C=O) groups excluding carboxylic acids is 1. The molecule has 0 fully saturated rings. The molecular formula is C39H66Hf2O11. The summed E-state index contributed by atoms with van der Waals surface area (Å²) in [6, 6.07) is 8.13. The van der Waals surface area contributed by atoms with Gasteiger partial charge in [-0.2, -0.15) is 0 Å². The molecule has 0 aliphatic carbocycles. The third-order valence-electron chi connectivity index (χ3n) is 2.87. The number of benzene rings is 2. The molecule has 0 amide bonds. The fraction of sp³-hybridized carbons (Fsp3) is 0.667. The Morgan fingerprint density at radius 3 is 0.692 bits per heavy atom. The zero-order chi connectivity index (χ0) is 41.7. The predicted molar refractivity (Wildman–Crippen MR) is 187 cm³/mol. The van der Waals surface area contributed by atoms with Crippen molar-refractivity contribution >= 4 is 5.78 Å². The molecule has 0 unspecified atom stereocenters. The number of hydrogen-bond donors (Lipinski definition) is 0. The Labute approximate surface area is 353 Å². The van der Waals surface area contributed by atoms with Crippen LogP contribution in [0.2, 0.25) is 0 Å². The van der Waals surface area contributed by atoms with E-state index in [0.29, 0.717) is 11.5 Å². The number of ether oxygens (including phenoxy) is 2. The second-order valence-electron chi connectivity index (χ2n) is 16.7. The summed E-state index contributed by atoms with van der Waals surface area (Å²) >= 11 is 0. The van der Waals surface area contributed by atoms with Crippen LogP contribution in [-0.4, -0.2) is 53.6 Å². The van der Waals surface area contributed by atoms with Crippen molar-refractivity contribution in [2.45, 2.75) is 158 Å². The Balaban J connectivity index is -0.000000105. The van der Waals surface area contributed by atoms with E-state index in [9.17, 15) is 45.6 Å². The summed E-state index contributed by atoms with van der Waals surface area (Å²) < 4.78 is 9.80. The van der Waals surface area contributed by atoms with E-state index in [1.165, 1.54) is 50.6 Å². The number of ketones is 1. The van der Waals surface area contributed by atoms with Crippen LogP contribution >= 0.6 is 0 Å². The molecule has 11 nitrogen and oxygen atoms in total. The Kier molecular flexibility index (Phi) is 36.8. The minimum absolute atomic E-state index is 0. The maximum atomic E-state index is 12.2. The largest absolute Gasteiger partial charge is 4.00 e. The van der Waals surface area contributed by atoms with Gasteiger partial charge in [0.2, 0.25) is 0 Å². The van der Waals surface area contributed by atoms with Crippen molar-refractivity contribution in [3.63, 3.8) is 0 Å². The van der Waals surface area contributed by atoms with Gasteiger partial charge < -0.3 is 50.3 Å². The number of hydrogen-bond acceptors (Lipinski definition) is 11. The zero-order valence-corrected chi connectivity index (χ0v) is 42.6. The van der Waals surface area contributed by atoms with E-state index in [2.05, 4.69) is 0 Å². The summed E-state index contributed by atoms with van der Waals surface area (Å²) in [5.74, 6) is -0.841. The van der Waals surface area contributed by atoms with Crippen LogP contribution in [0.5, 0.6) is 23.0 Å². The van der Waals surface area contributed by atoms with Gasteiger partial charge in [0.1, 0.15) is 11.5 Å². The van der Waals surface area contributed by atoms with Crippen molar-refractivity contribution in [1.29, 1.82) is 0 Å². The van der Waals surface area contributed by atoms with Crippen molar-refractivity contribution in [2.24, 2.45) is 0 Å². The third-order valence-corrected chi connectivity index (χ3v) is 2.87. The molecule has 0 aromatic heterocycles. The van der Waals surface area contributed by atoms with Crippen molar-refractivity contribution < 1.29 is 107 Å². The van der Waals surface area contributed by atoms with Gasteiger partial charge in [-0.3, -0.25) is 4.79 Å². The van der Waals surface area contributed by atoms with Crippen LogP contribution in [0, 0.1) is 0 Å². The summed E-state index contributed by atoms with van der Waals surface area (Å²) in [6.07, 6.45) is 0. The minimum Gasteiger partial charge on any atom is -0.872 e. The smallest absolute Gasteiger partial charge is 0.872 e. The van der Waals surface area contributed by atoms with Crippen LogP contribution in [0.1, 0.15) is 141 Å². The van der Waals surface area contributed by atoms with Gasteiger partial charge in [-0.05, 0) is 36.4 Å². The van der Waals surface area contributed by atoms with E-state index < -0.39 is 50.9 Å². The van der Waals surface area contributed by atoms with Crippen LogP contribution in [0.3, 0.4) is 0 Å². The summed E-state index contributed by atoms with van der Waals surface area (Å²) in [5, 5.41) is 84.3. The average Bonchev–Trinajstić information content (AvgIpc) is 2.77. The second kappa shape index (κ2) is 29.1. The van der Waals surface area contributed by atoms with Gasteiger partial charge in [0, 0.05) is 11.1 Å². The van der Waals surface area contributed by atoms with Gasteiger partial charge in [-0.15, -0.1) is 33.6 Å². The van der Waals surface area contributed by atoms with E-state index in [1.807, 2.05) is 0 Å². The molecule has 52 heavy (non-hydrogen) atoms. The summed E-state index contributed by atoms with van der Waals surface area (Å²) in [4.78, 5) is 12.2. The molecule has 0 saturated carbocycles. The first kappa shape index (κ1) is 65.7. The molecule has 0 atom stereocenters. The Morgan fingerprint density at radius 1 is 0.423 bits per heavy atom. The van der Waals surface area contributed by atoms with Crippen LogP contribution < -0.4 is 50.3 Å². The first-order valence-electron chi connectivity index (χ1n) is 16.0. The topological polar surface area (TPSA) is 220 Å². The van der Waals surface area contributed by atoms with Gasteiger partial charge >= 0.3 is 51.7 Å². The van der Waals surface area contributed by atoms with Gasteiger partial charge in [0.25, 0.3) is 0 Å². The predicted octanol–water partition coefficient (Wildman–Crippen LogP) is 1.95. The molecule has 0 N–H and O–H groups in total. The van der Waals surface area contributed by atoms with E-state index in [1.54, 1.807) is 125 Å². The van der Waals surface area contributed by atoms with Crippen molar-refractivity contribution in [3.8, 4) is 23.0 Å². The Bertz CT molecular complexity index is 993. The molecule has 2 aromatic carbocycles. The molecule has 13 heteroatoms.